The van der Waals surface area contributed by atoms with Crippen molar-refractivity contribution in [1.29, 1.82) is 0 Å². The Morgan fingerprint density at radius 3 is 2.84 bits per heavy atom. The smallest absolute Gasteiger partial charge is 0.275 e. The summed E-state index contributed by atoms with van der Waals surface area (Å²) in [5, 5.41) is 11.3. The van der Waals surface area contributed by atoms with E-state index < -0.39 is 11.4 Å². The number of nitrogens with zero attached hydrogens (tertiary/aromatic N) is 5. The van der Waals surface area contributed by atoms with E-state index in [1.54, 1.807) is 26.1 Å². The zero-order valence-corrected chi connectivity index (χ0v) is 17.0. The fourth-order valence-electron chi connectivity index (χ4n) is 2.78. The Kier molecular flexibility index (Phi) is 6.42. The van der Waals surface area contributed by atoms with Gasteiger partial charge in [0.2, 0.25) is 11.8 Å². The van der Waals surface area contributed by atoms with Crippen LogP contribution in [0, 0.1) is 11.8 Å². The summed E-state index contributed by atoms with van der Waals surface area (Å²) in [6.45, 7) is 1.55. The van der Waals surface area contributed by atoms with Crippen molar-refractivity contribution in [2.75, 3.05) is 25.6 Å². The molecule has 0 aliphatic carbocycles. The first-order chi connectivity index (χ1) is 14.8. The van der Waals surface area contributed by atoms with E-state index in [1.807, 2.05) is 0 Å². The second-order valence-electron chi connectivity index (χ2n) is 6.80. The molecule has 11 nitrogen and oxygen atoms in total. The van der Waals surface area contributed by atoms with Crippen molar-refractivity contribution in [3.8, 4) is 17.7 Å². The molecule has 1 atom stereocenters. The molecule has 2 amide bonds. The summed E-state index contributed by atoms with van der Waals surface area (Å²) in [5.74, 6) is 4.67. The predicted octanol–water partition coefficient (Wildman–Crippen LogP) is -0.110. The minimum atomic E-state index is -0.938. The lowest BCUT2D eigenvalue weighted by atomic mass is 9.91. The molecule has 0 aromatic carbocycles. The van der Waals surface area contributed by atoms with Crippen LogP contribution < -0.4 is 15.8 Å². The highest BCUT2D eigenvalue weighted by Gasteiger charge is 2.37. The Hall–Kier alpha value is -4.04. The Balaban J connectivity index is 1.71. The molecule has 1 aliphatic heterocycles. The summed E-state index contributed by atoms with van der Waals surface area (Å²) in [6, 6.07) is 3.25. The van der Waals surface area contributed by atoms with Crippen molar-refractivity contribution in [3.63, 3.8) is 0 Å². The first-order valence-electron chi connectivity index (χ1n) is 9.23. The molecule has 11 heteroatoms. The maximum absolute atomic E-state index is 12.5. The van der Waals surface area contributed by atoms with Crippen LogP contribution in [0.15, 0.2) is 35.7 Å². The molecule has 0 radical (unpaired) electrons. The molecule has 0 saturated heterocycles. The number of rotatable bonds is 5. The van der Waals surface area contributed by atoms with E-state index in [9.17, 15) is 9.59 Å². The molecule has 3 heterocycles. The van der Waals surface area contributed by atoms with Gasteiger partial charge in [-0.15, -0.1) is 0 Å². The third-order valence-electron chi connectivity index (χ3n) is 4.50. The number of ether oxygens (including phenoxy) is 1. The number of carbonyl (C=O) groups excluding carboxylic acids is 2. The summed E-state index contributed by atoms with van der Waals surface area (Å²) in [7, 11) is 1.56. The average Bonchev–Trinajstić information content (AvgIpc) is 2.75. The first kappa shape index (κ1) is 21.7. The summed E-state index contributed by atoms with van der Waals surface area (Å²) < 4.78 is 5.23. The molecule has 4 N–H and O–H groups in total. The van der Waals surface area contributed by atoms with Gasteiger partial charge in [0.15, 0.2) is 12.6 Å². The number of hydrogen-bond acceptors (Lipinski definition) is 9. The van der Waals surface area contributed by atoms with Gasteiger partial charge in [-0.25, -0.2) is 15.0 Å². The average molecular weight is 423 g/mol. The van der Waals surface area contributed by atoms with E-state index in [-0.39, 0.29) is 43.1 Å². The van der Waals surface area contributed by atoms with Gasteiger partial charge in [-0.2, -0.15) is 0 Å². The van der Waals surface area contributed by atoms with Crippen molar-refractivity contribution in [2.45, 2.75) is 18.9 Å². The van der Waals surface area contributed by atoms with Crippen LogP contribution in [0.5, 0.6) is 5.88 Å². The predicted molar refractivity (Wildman–Crippen MR) is 111 cm³/mol. The van der Waals surface area contributed by atoms with Crippen LogP contribution in [0.1, 0.15) is 29.5 Å². The lowest BCUT2D eigenvalue weighted by Gasteiger charge is -2.32. The topological polar surface area (TPSA) is 156 Å². The molecule has 0 saturated carbocycles. The highest BCUT2D eigenvalue weighted by molar-refractivity contribution is 6.02. The van der Waals surface area contributed by atoms with E-state index in [0.717, 1.165) is 0 Å². The number of aliphatic hydroxyl groups is 1. The molecule has 0 bridgehead atoms. The van der Waals surface area contributed by atoms with Crippen molar-refractivity contribution < 1.29 is 19.4 Å². The number of nitrogens with two attached hydrogens (primary N) is 1. The Labute approximate surface area is 178 Å². The first-order valence-corrected chi connectivity index (χ1v) is 9.23. The zero-order valence-electron chi connectivity index (χ0n) is 17.0. The number of aliphatic hydroxyl groups excluding tert-OH is 1. The fourth-order valence-corrected chi connectivity index (χ4v) is 2.78. The highest BCUT2D eigenvalue weighted by Crippen LogP contribution is 2.32. The number of anilines is 1. The summed E-state index contributed by atoms with van der Waals surface area (Å²) in [4.78, 5) is 42.7. The molecule has 0 fully saturated rings. The molecule has 31 heavy (non-hydrogen) atoms. The maximum Gasteiger partial charge on any atom is 0.275 e. The summed E-state index contributed by atoms with van der Waals surface area (Å²) >= 11 is 0. The number of nitrogens with one attached hydrogen (secondary N) is 1. The van der Waals surface area contributed by atoms with Crippen molar-refractivity contribution >= 4 is 23.5 Å². The lowest BCUT2D eigenvalue weighted by molar-refractivity contribution is -0.128. The number of aliphatic imine (C=N–C) groups is 1. The zero-order chi connectivity index (χ0) is 22.4. The van der Waals surface area contributed by atoms with Gasteiger partial charge in [0.25, 0.3) is 5.91 Å². The molecule has 2 aromatic heterocycles. The third kappa shape index (κ3) is 5.12. The van der Waals surface area contributed by atoms with Gasteiger partial charge in [-0.05, 0) is 19.1 Å². The molecule has 1 unspecified atom stereocenters. The quantitative estimate of drug-likeness (QED) is 0.563. The van der Waals surface area contributed by atoms with E-state index in [4.69, 9.17) is 15.6 Å². The number of hydrogen-bond donors (Lipinski definition) is 3. The van der Waals surface area contributed by atoms with Crippen molar-refractivity contribution in [2.24, 2.45) is 10.7 Å². The van der Waals surface area contributed by atoms with Crippen LogP contribution in [0.2, 0.25) is 0 Å². The number of guanidine groups is 1. The monoisotopic (exact) mass is 423 g/mol. The molecule has 1 aliphatic rings. The maximum atomic E-state index is 12.5. The van der Waals surface area contributed by atoms with E-state index >= 15 is 0 Å². The molecule has 0 spiro atoms. The van der Waals surface area contributed by atoms with Crippen molar-refractivity contribution in [3.05, 3.63) is 42.1 Å². The Morgan fingerprint density at radius 1 is 1.35 bits per heavy atom. The number of amides is 2. The Morgan fingerprint density at radius 2 is 2.16 bits per heavy atom. The van der Waals surface area contributed by atoms with Gasteiger partial charge in [0, 0.05) is 18.9 Å². The van der Waals surface area contributed by atoms with Crippen LogP contribution in [-0.4, -0.2) is 63.0 Å². The summed E-state index contributed by atoms with van der Waals surface area (Å²) in [5.41, 5.74) is 5.94. The van der Waals surface area contributed by atoms with Crippen LogP contribution in [0.25, 0.3) is 0 Å². The van der Waals surface area contributed by atoms with Gasteiger partial charge >= 0.3 is 0 Å². The molecule has 3 rings (SSSR count). The normalized spacial score (nSPS) is 18.0. The van der Waals surface area contributed by atoms with E-state index in [2.05, 4.69) is 37.1 Å². The standard InChI is InChI=1S/C20H21N7O4/c1-20(10-17(29)27(2)19(21)26-20)15-9-13(5-6-22-15)25-18(30)14-11-24-16(12-23-14)31-8-4-3-7-28/h5-6,9,11-12,28H,7-8,10H2,1-2H3,(H2,21,26)(H,22,25,30). The van der Waals surface area contributed by atoms with Gasteiger partial charge in [0.1, 0.15) is 17.8 Å². The minimum Gasteiger partial charge on any atom is -0.463 e. The second kappa shape index (κ2) is 9.19. The van der Waals surface area contributed by atoms with Gasteiger partial charge < -0.3 is 20.9 Å². The third-order valence-corrected chi connectivity index (χ3v) is 4.50. The van der Waals surface area contributed by atoms with Gasteiger partial charge in [-0.1, -0.05) is 11.8 Å². The van der Waals surface area contributed by atoms with Crippen molar-refractivity contribution in [1.82, 2.24) is 19.9 Å². The van der Waals surface area contributed by atoms with Crippen LogP contribution in [0.4, 0.5) is 5.69 Å². The van der Waals surface area contributed by atoms with Crippen LogP contribution in [-0.2, 0) is 10.3 Å². The summed E-state index contributed by atoms with van der Waals surface area (Å²) in [6.07, 6.45) is 4.19. The van der Waals surface area contributed by atoms with Gasteiger partial charge in [0.05, 0.1) is 24.5 Å². The molecular weight excluding hydrogens is 402 g/mol. The SMILES string of the molecule is CN1C(=O)CC(C)(c2cc(NC(=O)c3cnc(OCC#CCO)cn3)ccn2)N=C1N. The molecule has 160 valence electrons. The largest absolute Gasteiger partial charge is 0.463 e. The number of carbonyl (C=O) groups is 2. The lowest BCUT2D eigenvalue weighted by Crippen LogP contribution is -2.47. The van der Waals surface area contributed by atoms with E-state index in [1.165, 1.54) is 23.5 Å². The fraction of sp³-hybridized carbons (Fsp3) is 0.300. The number of aromatic nitrogens is 3. The van der Waals surface area contributed by atoms with Gasteiger partial charge in [-0.3, -0.25) is 19.5 Å². The minimum absolute atomic E-state index is 0.0463. The van der Waals surface area contributed by atoms with Crippen LogP contribution in [0.3, 0.4) is 0 Å². The number of pyridine rings is 1. The second-order valence-corrected chi connectivity index (χ2v) is 6.80. The van der Waals surface area contributed by atoms with Crippen LogP contribution >= 0.6 is 0 Å². The molecular formula is C20H21N7O4. The Bertz CT molecular complexity index is 1070. The van der Waals surface area contributed by atoms with E-state index in [0.29, 0.717) is 11.4 Å². The highest BCUT2D eigenvalue weighted by atomic mass is 16.5. The molecule has 2 aromatic rings.